The number of aromatic nitrogens is 1. The minimum absolute atomic E-state index is 0.342. The lowest BCUT2D eigenvalue weighted by Gasteiger charge is -2.12. The topological polar surface area (TPSA) is 81.6 Å². The van der Waals surface area contributed by atoms with Crippen LogP contribution in [0.15, 0.2) is 42.7 Å². The van der Waals surface area contributed by atoms with E-state index < -0.39 is 5.91 Å². The number of thiophene rings is 1. The molecule has 0 saturated carbocycles. The van der Waals surface area contributed by atoms with Crippen LogP contribution in [0, 0.1) is 13.8 Å². The van der Waals surface area contributed by atoms with Crippen LogP contribution in [0.2, 0.25) is 0 Å². The highest BCUT2D eigenvalue weighted by Crippen LogP contribution is 2.31. The lowest BCUT2D eigenvalue weighted by Crippen LogP contribution is -2.42. The Kier molecular flexibility index (Phi) is 6.23. The van der Waals surface area contributed by atoms with Crippen LogP contribution in [0.5, 0.6) is 11.5 Å². The molecule has 0 bridgehead atoms. The van der Waals surface area contributed by atoms with E-state index in [1.54, 1.807) is 18.2 Å². The van der Waals surface area contributed by atoms with Crippen LogP contribution in [0.25, 0.3) is 5.00 Å². The van der Waals surface area contributed by atoms with Crippen LogP contribution in [0.3, 0.4) is 0 Å². The first-order valence-corrected chi connectivity index (χ1v) is 9.92. The second-order valence-electron chi connectivity index (χ2n) is 6.26. The molecule has 2 heterocycles. The molecule has 0 atom stereocenters. The molecule has 0 unspecified atom stereocenters. The summed E-state index contributed by atoms with van der Waals surface area (Å²) in [5.41, 5.74) is 6.74. The van der Waals surface area contributed by atoms with E-state index in [-0.39, 0.29) is 5.91 Å². The Hall–Kier alpha value is -3.26. The van der Waals surface area contributed by atoms with Gasteiger partial charge in [0, 0.05) is 22.8 Å². The molecule has 0 saturated heterocycles. The molecule has 0 aliphatic heterocycles. The van der Waals surface area contributed by atoms with Crippen LogP contribution in [0.1, 0.15) is 38.1 Å². The SMILES string of the molecule is CCOc1ccc(C(=O)NNC(=O)c2c(-n3cccc3)sc(C)c2C)cc1OC. The lowest BCUT2D eigenvalue weighted by molar-refractivity contribution is 0.0846. The number of nitrogens with one attached hydrogen (secondary N) is 2. The van der Waals surface area contributed by atoms with Gasteiger partial charge in [0.05, 0.1) is 19.3 Å². The minimum atomic E-state index is -0.452. The highest BCUT2D eigenvalue weighted by molar-refractivity contribution is 7.15. The van der Waals surface area contributed by atoms with Crippen LogP contribution in [-0.4, -0.2) is 30.1 Å². The first-order chi connectivity index (χ1) is 14.0. The predicted octanol–water partition coefficient (Wildman–Crippen LogP) is 3.64. The van der Waals surface area contributed by atoms with Crippen LogP contribution < -0.4 is 20.3 Å². The Morgan fingerprint density at radius 1 is 1.07 bits per heavy atom. The molecule has 1 aromatic carbocycles. The van der Waals surface area contributed by atoms with E-state index in [1.807, 2.05) is 49.9 Å². The quantitative estimate of drug-likeness (QED) is 0.605. The van der Waals surface area contributed by atoms with Gasteiger partial charge < -0.3 is 14.0 Å². The monoisotopic (exact) mass is 413 g/mol. The fourth-order valence-electron chi connectivity index (χ4n) is 2.86. The van der Waals surface area contributed by atoms with Gasteiger partial charge in [0.2, 0.25) is 0 Å². The first kappa shape index (κ1) is 20.5. The number of methoxy groups -OCH3 is 1. The predicted molar refractivity (Wildman–Crippen MR) is 112 cm³/mol. The third-order valence-corrected chi connectivity index (χ3v) is 5.67. The highest BCUT2D eigenvalue weighted by Gasteiger charge is 2.21. The van der Waals surface area contributed by atoms with Gasteiger partial charge in [-0.1, -0.05) is 0 Å². The summed E-state index contributed by atoms with van der Waals surface area (Å²) < 4.78 is 12.6. The first-order valence-electron chi connectivity index (χ1n) is 9.11. The van der Waals surface area contributed by atoms with E-state index in [0.717, 1.165) is 15.4 Å². The van der Waals surface area contributed by atoms with Gasteiger partial charge in [-0.3, -0.25) is 20.4 Å². The van der Waals surface area contributed by atoms with Gasteiger partial charge in [0.25, 0.3) is 11.8 Å². The maximum absolute atomic E-state index is 12.8. The van der Waals surface area contributed by atoms with E-state index in [1.165, 1.54) is 18.4 Å². The van der Waals surface area contributed by atoms with Crippen molar-refractivity contribution in [1.29, 1.82) is 0 Å². The van der Waals surface area contributed by atoms with Gasteiger partial charge in [-0.25, -0.2) is 0 Å². The molecule has 2 amide bonds. The third kappa shape index (κ3) is 4.27. The number of carbonyl (C=O) groups is 2. The van der Waals surface area contributed by atoms with Crippen LogP contribution in [-0.2, 0) is 0 Å². The maximum atomic E-state index is 12.8. The number of aryl methyl sites for hydroxylation is 1. The van der Waals surface area contributed by atoms with E-state index in [0.29, 0.717) is 29.2 Å². The van der Waals surface area contributed by atoms with Crippen molar-refractivity contribution in [3.05, 3.63) is 64.3 Å². The van der Waals surface area contributed by atoms with E-state index in [4.69, 9.17) is 9.47 Å². The molecule has 0 radical (unpaired) electrons. The number of benzene rings is 1. The van der Waals surface area contributed by atoms with Gasteiger partial charge in [-0.05, 0) is 56.7 Å². The number of carbonyl (C=O) groups excluding carboxylic acids is 2. The van der Waals surface area contributed by atoms with Gasteiger partial charge in [-0.2, -0.15) is 0 Å². The molecule has 29 heavy (non-hydrogen) atoms. The van der Waals surface area contributed by atoms with E-state index in [9.17, 15) is 9.59 Å². The number of hydrogen-bond donors (Lipinski definition) is 2. The molecule has 0 spiro atoms. The molecule has 3 aromatic rings. The van der Waals surface area contributed by atoms with Crippen molar-refractivity contribution in [2.75, 3.05) is 13.7 Å². The molecule has 8 heteroatoms. The standard InChI is InChI=1S/C21H23N3O4S/c1-5-28-16-9-8-15(12-17(16)27-4)19(25)22-23-20(26)18-13(2)14(3)29-21(18)24-10-6-7-11-24/h6-12H,5H2,1-4H3,(H,22,25)(H,23,26). The smallest absolute Gasteiger partial charge is 0.272 e. The second kappa shape index (κ2) is 8.83. The number of hydrogen-bond acceptors (Lipinski definition) is 5. The summed E-state index contributed by atoms with van der Waals surface area (Å²) in [5, 5.41) is 0.805. The molecule has 7 nitrogen and oxygen atoms in total. The van der Waals surface area contributed by atoms with Crippen LogP contribution >= 0.6 is 11.3 Å². The zero-order valence-electron chi connectivity index (χ0n) is 16.7. The normalized spacial score (nSPS) is 10.5. The zero-order valence-corrected chi connectivity index (χ0v) is 17.6. The largest absolute Gasteiger partial charge is 0.493 e. The Balaban J connectivity index is 1.76. The number of rotatable bonds is 6. The van der Waals surface area contributed by atoms with Gasteiger partial charge in [-0.15, -0.1) is 11.3 Å². The summed E-state index contributed by atoms with van der Waals surface area (Å²) in [6.45, 7) is 6.22. The average Bonchev–Trinajstić information content (AvgIpc) is 3.35. The lowest BCUT2D eigenvalue weighted by atomic mass is 10.1. The number of nitrogens with zero attached hydrogens (tertiary/aromatic N) is 1. The highest BCUT2D eigenvalue weighted by atomic mass is 32.1. The zero-order chi connectivity index (χ0) is 21.0. The summed E-state index contributed by atoms with van der Waals surface area (Å²) in [5.74, 6) is 0.176. The Morgan fingerprint density at radius 2 is 1.76 bits per heavy atom. The van der Waals surface area contributed by atoms with Crippen molar-refractivity contribution in [1.82, 2.24) is 15.4 Å². The third-order valence-electron chi connectivity index (χ3n) is 4.45. The minimum Gasteiger partial charge on any atom is -0.493 e. The molecule has 2 aromatic heterocycles. The van der Waals surface area contributed by atoms with Crippen molar-refractivity contribution < 1.29 is 19.1 Å². The summed E-state index contributed by atoms with van der Waals surface area (Å²) in [4.78, 5) is 26.4. The van der Waals surface area contributed by atoms with Crippen molar-refractivity contribution in [3.63, 3.8) is 0 Å². The van der Waals surface area contributed by atoms with Crippen molar-refractivity contribution in [3.8, 4) is 16.5 Å². The van der Waals surface area contributed by atoms with Crippen molar-refractivity contribution in [2.24, 2.45) is 0 Å². The molecule has 2 N–H and O–H groups in total. The molecule has 0 aliphatic rings. The molecule has 0 fully saturated rings. The summed E-state index contributed by atoms with van der Waals surface area (Å²) in [6.07, 6.45) is 3.76. The molecular formula is C21H23N3O4S. The Labute approximate surface area is 173 Å². The van der Waals surface area contributed by atoms with Crippen LogP contribution in [0.4, 0.5) is 0 Å². The maximum Gasteiger partial charge on any atom is 0.272 e. The van der Waals surface area contributed by atoms with Crippen molar-refractivity contribution >= 4 is 23.2 Å². The average molecular weight is 413 g/mol. The number of ether oxygens (including phenoxy) is 2. The molecule has 0 aliphatic carbocycles. The Bertz CT molecular complexity index is 1020. The van der Waals surface area contributed by atoms with E-state index >= 15 is 0 Å². The van der Waals surface area contributed by atoms with Gasteiger partial charge in [0.1, 0.15) is 5.00 Å². The van der Waals surface area contributed by atoms with E-state index in [2.05, 4.69) is 10.9 Å². The molecule has 3 rings (SSSR count). The summed E-state index contributed by atoms with van der Waals surface area (Å²) >= 11 is 1.53. The molecular weight excluding hydrogens is 390 g/mol. The summed E-state index contributed by atoms with van der Waals surface area (Å²) in [6, 6.07) is 8.63. The fraction of sp³-hybridized carbons (Fsp3) is 0.238. The second-order valence-corrected chi connectivity index (χ2v) is 7.46. The molecule has 152 valence electrons. The van der Waals surface area contributed by atoms with Crippen molar-refractivity contribution in [2.45, 2.75) is 20.8 Å². The number of hydrazine groups is 1. The van der Waals surface area contributed by atoms with Gasteiger partial charge in [0.15, 0.2) is 11.5 Å². The number of amides is 2. The summed E-state index contributed by atoms with van der Waals surface area (Å²) in [7, 11) is 1.51. The fourth-order valence-corrected chi connectivity index (χ4v) is 3.98. The van der Waals surface area contributed by atoms with Gasteiger partial charge >= 0.3 is 0 Å². The Morgan fingerprint density at radius 3 is 2.41 bits per heavy atom.